The number of pyridine rings is 1. The first-order valence-corrected chi connectivity index (χ1v) is 5.59. The highest BCUT2D eigenvalue weighted by atomic mass is 15.0. The van der Waals surface area contributed by atoms with E-state index in [-0.39, 0.29) is 0 Å². The van der Waals surface area contributed by atoms with Crippen LogP contribution in [0.3, 0.4) is 0 Å². The monoisotopic (exact) mass is 218 g/mol. The molecule has 0 fully saturated rings. The van der Waals surface area contributed by atoms with E-state index in [2.05, 4.69) is 28.6 Å². The molecule has 1 rings (SSSR count). The second-order valence-electron chi connectivity index (χ2n) is 3.67. The Hall–Kier alpha value is -1.60. The smallest absolute Gasteiger partial charge is 0.127 e. The molecule has 16 heavy (non-hydrogen) atoms. The van der Waals surface area contributed by atoms with Gasteiger partial charge in [0.1, 0.15) is 5.82 Å². The standard InChI is InChI=1S/C12H18N4/c1-3-4-14-5-6-15-12-8-11(9-13)7-10(2)16-12/h7-8,14H,3-6H2,1-2H3,(H,15,16). The van der Waals surface area contributed by atoms with E-state index >= 15 is 0 Å². The first-order chi connectivity index (χ1) is 7.76. The summed E-state index contributed by atoms with van der Waals surface area (Å²) in [5.41, 5.74) is 1.51. The number of anilines is 1. The van der Waals surface area contributed by atoms with E-state index in [1.54, 1.807) is 12.1 Å². The molecule has 0 amide bonds. The average molecular weight is 218 g/mol. The SMILES string of the molecule is CCCNCCNc1cc(C#N)cc(C)n1. The highest BCUT2D eigenvalue weighted by molar-refractivity contribution is 5.44. The number of hydrogen-bond acceptors (Lipinski definition) is 4. The van der Waals surface area contributed by atoms with Crippen molar-refractivity contribution in [1.29, 1.82) is 5.26 Å². The van der Waals surface area contributed by atoms with Gasteiger partial charge in [0, 0.05) is 18.8 Å². The van der Waals surface area contributed by atoms with Crippen molar-refractivity contribution in [3.8, 4) is 6.07 Å². The Morgan fingerprint density at radius 1 is 1.31 bits per heavy atom. The minimum atomic E-state index is 0.650. The van der Waals surface area contributed by atoms with Crippen LogP contribution in [-0.4, -0.2) is 24.6 Å². The highest BCUT2D eigenvalue weighted by Crippen LogP contribution is 2.08. The van der Waals surface area contributed by atoms with Gasteiger partial charge in [0.05, 0.1) is 11.6 Å². The van der Waals surface area contributed by atoms with Gasteiger partial charge in [-0.3, -0.25) is 0 Å². The minimum absolute atomic E-state index is 0.650. The molecule has 1 heterocycles. The predicted molar refractivity (Wildman–Crippen MR) is 65.3 cm³/mol. The molecule has 1 aromatic rings. The number of nitrogens with one attached hydrogen (secondary N) is 2. The van der Waals surface area contributed by atoms with Crippen LogP contribution in [0.2, 0.25) is 0 Å². The summed E-state index contributed by atoms with van der Waals surface area (Å²) in [5, 5.41) is 15.3. The van der Waals surface area contributed by atoms with Crippen molar-refractivity contribution in [3.05, 3.63) is 23.4 Å². The molecule has 4 nitrogen and oxygen atoms in total. The van der Waals surface area contributed by atoms with Crippen molar-refractivity contribution in [3.63, 3.8) is 0 Å². The zero-order valence-corrected chi connectivity index (χ0v) is 9.88. The highest BCUT2D eigenvalue weighted by Gasteiger charge is 1.98. The Balaban J connectivity index is 2.42. The fourth-order valence-electron chi connectivity index (χ4n) is 1.40. The van der Waals surface area contributed by atoms with Gasteiger partial charge in [-0.1, -0.05) is 6.92 Å². The molecule has 86 valence electrons. The molecular formula is C12H18N4. The Morgan fingerprint density at radius 2 is 2.12 bits per heavy atom. The van der Waals surface area contributed by atoms with Crippen LogP contribution in [0.15, 0.2) is 12.1 Å². The van der Waals surface area contributed by atoms with Gasteiger partial charge in [-0.25, -0.2) is 4.98 Å². The Morgan fingerprint density at radius 3 is 2.81 bits per heavy atom. The van der Waals surface area contributed by atoms with E-state index < -0.39 is 0 Å². The quantitative estimate of drug-likeness (QED) is 0.713. The van der Waals surface area contributed by atoms with Gasteiger partial charge in [-0.2, -0.15) is 5.26 Å². The molecule has 0 saturated heterocycles. The molecule has 0 aromatic carbocycles. The third-order valence-corrected chi connectivity index (χ3v) is 2.12. The molecule has 0 radical (unpaired) electrons. The van der Waals surface area contributed by atoms with Crippen LogP contribution in [0.5, 0.6) is 0 Å². The topological polar surface area (TPSA) is 60.7 Å². The molecule has 4 heteroatoms. The summed E-state index contributed by atoms with van der Waals surface area (Å²) < 4.78 is 0. The molecule has 0 aliphatic rings. The summed E-state index contributed by atoms with van der Waals surface area (Å²) in [5.74, 6) is 0.773. The van der Waals surface area contributed by atoms with E-state index in [1.165, 1.54) is 0 Å². The van der Waals surface area contributed by atoms with Crippen molar-refractivity contribution >= 4 is 5.82 Å². The fourth-order valence-corrected chi connectivity index (χ4v) is 1.40. The Bertz CT molecular complexity index is 368. The van der Waals surface area contributed by atoms with Crippen LogP contribution in [-0.2, 0) is 0 Å². The molecule has 0 saturated carbocycles. The number of aromatic nitrogens is 1. The van der Waals surface area contributed by atoms with Crippen molar-refractivity contribution in [2.75, 3.05) is 25.0 Å². The van der Waals surface area contributed by atoms with Gasteiger partial charge in [0.2, 0.25) is 0 Å². The van der Waals surface area contributed by atoms with Crippen LogP contribution >= 0.6 is 0 Å². The molecular weight excluding hydrogens is 200 g/mol. The lowest BCUT2D eigenvalue weighted by atomic mass is 10.2. The van der Waals surface area contributed by atoms with E-state index in [0.717, 1.165) is 37.6 Å². The lowest BCUT2D eigenvalue weighted by Gasteiger charge is -2.07. The van der Waals surface area contributed by atoms with Crippen molar-refractivity contribution < 1.29 is 0 Å². The third kappa shape index (κ3) is 4.28. The number of nitrogens with zero attached hydrogens (tertiary/aromatic N) is 2. The molecule has 0 aliphatic heterocycles. The summed E-state index contributed by atoms with van der Waals surface area (Å²) >= 11 is 0. The predicted octanol–water partition coefficient (Wildman–Crippen LogP) is 1.67. The van der Waals surface area contributed by atoms with E-state index in [4.69, 9.17) is 5.26 Å². The normalized spacial score (nSPS) is 9.81. The van der Waals surface area contributed by atoms with Gasteiger partial charge in [-0.05, 0) is 32.0 Å². The van der Waals surface area contributed by atoms with Crippen LogP contribution in [0.4, 0.5) is 5.82 Å². The third-order valence-electron chi connectivity index (χ3n) is 2.12. The summed E-state index contributed by atoms with van der Waals surface area (Å²) in [6.07, 6.45) is 1.14. The first-order valence-electron chi connectivity index (χ1n) is 5.59. The van der Waals surface area contributed by atoms with Crippen molar-refractivity contribution in [2.24, 2.45) is 0 Å². The zero-order valence-electron chi connectivity index (χ0n) is 9.88. The maximum absolute atomic E-state index is 8.81. The Labute approximate surface area is 96.7 Å². The lowest BCUT2D eigenvalue weighted by molar-refractivity contribution is 0.687. The van der Waals surface area contributed by atoms with Crippen LogP contribution in [0, 0.1) is 18.3 Å². The molecule has 0 bridgehead atoms. The fraction of sp³-hybridized carbons (Fsp3) is 0.500. The van der Waals surface area contributed by atoms with Gasteiger partial charge in [-0.15, -0.1) is 0 Å². The number of nitriles is 1. The van der Waals surface area contributed by atoms with Gasteiger partial charge in [0.25, 0.3) is 0 Å². The molecule has 0 spiro atoms. The Kier molecular flexibility index (Phi) is 5.30. The molecule has 0 unspecified atom stereocenters. The lowest BCUT2D eigenvalue weighted by Crippen LogP contribution is -2.23. The minimum Gasteiger partial charge on any atom is -0.369 e. The van der Waals surface area contributed by atoms with Crippen molar-refractivity contribution in [1.82, 2.24) is 10.3 Å². The van der Waals surface area contributed by atoms with Crippen LogP contribution in [0.25, 0.3) is 0 Å². The molecule has 1 aromatic heterocycles. The number of aryl methyl sites for hydroxylation is 1. The summed E-state index contributed by atoms with van der Waals surface area (Å²) in [4.78, 5) is 4.31. The van der Waals surface area contributed by atoms with E-state index in [9.17, 15) is 0 Å². The van der Waals surface area contributed by atoms with Crippen molar-refractivity contribution in [2.45, 2.75) is 20.3 Å². The number of hydrogen-bond donors (Lipinski definition) is 2. The summed E-state index contributed by atoms with van der Waals surface area (Å²) in [7, 11) is 0. The zero-order chi connectivity index (χ0) is 11.8. The second-order valence-corrected chi connectivity index (χ2v) is 3.67. The second kappa shape index (κ2) is 6.81. The number of rotatable bonds is 6. The van der Waals surface area contributed by atoms with E-state index in [0.29, 0.717) is 5.56 Å². The average Bonchev–Trinajstić information content (AvgIpc) is 2.28. The molecule has 0 atom stereocenters. The van der Waals surface area contributed by atoms with Gasteiger partial charge >= 0.3 is 0 Å². The maximum Gasteiger partial charge on any atom is 0.127 e. The molecule has 2 N–H and O–H groups in total. The van der Waals surface area contributed by atoms with Crippen LogP contribution in [0.1, 0.15) is 24.6 Å². The van der Waals surface area contributed by atoms with Gasteiger partial charge < -0.3 is 10.6 Å². The molecule has 0 aliphatic carbocycles. The first kappa shape index (κ1) is 12.5. The summed E-state index contributed by atoms with van der Waals surface area (Å²) in [6.45, 7) is 6.79. The van der Waals surface area contributed by atoms with E-state index in [1.807, 2.05) is 6.92 Å². The maximum atomic E-state index is 8.81. The van der Waals surface area contributed by atoms with Gasteiger partial charge in [0.15, 0.2) is 0 Å². The summed E-state index contributed by atoms with van der Waals surface area (Å²) in [6, 6.07) is 5.67. The van der Waals surface area contributed by atoms with Crippen LogP contribution < -0.4 is 10.6 Å². The largest absolute Gasteiger partial charge is 0.369 e.